The van der Waals surface area contributed by atoms with Gasteiger partial charge in [0.05, 0.1) is 0 Å². The first-order valence-electron chi connectivity index (χ1n) is 14.3. The van der Waals surface area contributed by atoms with Gasteiger partial charge < -0.3 is 8.85 Å². The second-order valence-corrected chi connectivity index (χ2v) is 13.5. The van der Waals surface area contributed by atoms with Crippen molar-refractivity contribution in [2.45, 2.75) is 167 Å². The molecule has 2 nitrogen and oxygen atoms in total. The Hall–Kier alpha value is 0.137. The highest BCUT2D eigenvalue weighted by Crippen LogP contribution is 2.25. The van der Waals surface area contributed by atoms with Crippen LogP contribution in [0.3, 0.4) is 0 Å². The van der Waals surface area contributed by atoms with E-state index in [2.05, 4.69) is 13.8 Å². The molecule has 0 rings (SSSR count). The number of hydrogen-bond acceptors (Lipinski definition) is 2. The van der Waals surface area contributed by atoms with E-state index < -0.39 is 8.56 Å². The lowest BCUT2D eigenvalue weighted by atomic mass is 10.0. The van der Waals surface area contributed by atoms with E-state index >= 15 is 0 Å². The van der Waals surface area contributed by atoms with Gasteiger partial charge in [0.1, 0.15) is 0 Å². The molecule has 0 unspecified atom stereocenters. The van der Waals surface area contributed by atoms with Crippen molar-refractivity contribution < 1.29 is 8.85 Å². The van der Waals surface area contributed by atoms with Gasteiger partial charge in [-0.1, -0.05) is 155 Å². The Morgan fingerprint density at radius 1 is 0.355 bits per heavy atom. The Bertz CT molecular complexity index is 331. The summed E-state index contributed by atoms with van der Waals surface area (Å²) in [6, 6.07) is 2.36. The van der Waals surface area contributed by atoms with Crippen molar-refractivity contribution in [3.05, 3.63) is 0 Å². The maximum Gasteiger partial charge on any atom is 0.337 e. The van der Waals surface area contributed by atoms with Gasteiger partial charge >= 0.3 is 8.56 Å². The molecule has 188 valence electrons. The van der Waals surface area contributed by atoms with E-state index in [9.17, 15) is 0 Å². The molecule has 0 atom stereocenters. The van der Waals surface area contributed by atoms with Crippen LogP contribution in [-0.2, 0) is 8.85 Å². The number of rotatable bonds is 26. The molecule has 0 amide bonds. The Morgan fingerprint density at radius 3 is 0.839 bits per heavy atom. The van der Waals surface area contributed by atoms with E-state index in [1.807, 2.05) is 14.2 Å². The van der Waals surface area contributed by atoms with Crippen molar-refractivity contribution in [3.63, 3.8) is 0 Å². The van der Waals surface area contributed by atoms with Gasteiger partial charge in [-0.05, 0) is 12.1 Å². The van der Waals surface area contributed by atoms with Gasteiger partial charge in [0, 0.05) is 14.2 Å². The molecule has 0 aliphatic heterocycles. The molecule has 0 aliphatic rings. The summed E-state index contributed by atoms with van der Waals surface area (Å²) in [5, 5.41) is 0. The van der Waals surface area contributed by atoms with E-state index in [-0.39, 0.29) is 0 Å². The van der Waals surface area contributed by atoms with Crippen LogP contribution in [0.15, 0.2) is 0 Å². The van der Waals surface area contributed by atoms with Gasteiger partial charge in [-0.2, -0.15) is 0 Å². The molecule has 0 radical (unpaired) electrons. The highest BCUT2D eigenvalue weighted by atomic mass is 28.4. The third-order valence-corrected chi connectivity index (χ3v) is 10.8. The molecular weight excluding hydrogens is 396 g/mol. The van der Waals surface area contributed by atoms with Crippen LogP contribution in [0.25, 0.3) is 0 Å². The summed E-state index contributed by atoms with van der Waals surface area (Å²) in [5.74, 6) is 0. The molecule has 0 fully saturated rings. The van der Waals surface area contributed by atoms with Gasteiger partial charge in [0.25, 0.3) is 0 Å². The summed E-state index contributed by atoms with van der Waals surface area (Å²) in [6.07, 6.45) is 31.1. The van der Waals surface area contributed by atoms with Crippen LogP contribution in [-0.4, -0.2) is 22.8 Å². The molecule has 0 spiro atoms. The quantitative estimate of drug-likeness (QED) is 0.0951. The predicted octanol–water partition coefficient (Wildman–Crippen LogP) is 10.3. The van der Waals surface area contributed by atoms with Gasteiger partial charge in [-0.3, -0.25) is 0 Å². The topological polar surface area (TPSA) is 18.5 Å². The van der Waals surface area contributed by atoms with Gasteiger partial charge in [0.2, 0.25) is 0 Å². The zero-order valence-corrected chi connectivity index (χ0v) is 23.3. The van der Waals surface area contributed by atoms with Gasteiger partial charge in [0.15, 0.2) is 0 Å². The second-order valence-electron chi connectivity index (χ2n) is 9.89. The normalized spacial score (nSPS) is 12.0. The first-order chi connectivity index (χ1) is 15.2. The maximum atomic E-state index is 5.92. The van der Waals surface area contributed by atoms with Crippen LogP contribution in [0, 0.1) is 0 Å². The maximum absolute atomic E-state index is 5.92. The monoisotopic (exact) mass is 456 g/mol. The minimum atomic E-state index is -1.90. The number of hydrogen-bond donors (Lipinski definition) is 0. The largest absolute Gasteiger partial charge is 0.398 e. The lowest BCUT2D eigenvalue weighted by molar-refractivity contribution is 0.238. The fourth-order valence-corrected chi connectivity index (χ4v) is 7.54. The molecule has 0 saturated heterocycles. The Labute approximate surface area is 198 Å². The van der Waals surface area contributed by atoms with Crippen LogP contribution in [0.5, 0.6) is 0 Å². The van der Waals surface area contributed by atoms with Crippen molar-refractivity contribution in [2.75, 3.05) is 14.2 Å². The molecule has 0 heterocycles. The summed E-state index contributed by atoms with van der Waals surface area (Å²) < 4.78 is 11.8. The summed E-state index contributed by atoms with van der Waals surface area (Å²) >= 11 is 0. The van der Waals surface area contributed by atoms with Crippen molar-refractivity contribution in [2.24, 2.45) is 0 Å². The zero-order chi connectivity index (χ0) is 22.9. The Balaban J connectivity index is 3.39. The van der Waals surface area contributed by atoms with Crippen molar-refractivity contribution in [1.29, 1.82) is 0 Å². The molecule has 0 aromatic carbocycles. The van der Waals surface area contributed by atoms with Crippen LogP contribution in [0.2, 0.25) is 12.1 Å². The van der Waals surface area contributed by atoms with Crippen LogP contribution in [0.1, 0.15) is 155 Å². The van der Waals surface area contributed by atoms with Crippen LogP contribution < -0.4 is 0 Å². The molecule has 0 aliphatic carbocycles. The zero-order valence-electron chi connectivity index (χ0n) is 22.3. The van der Waals surface area contributed by atoms with Crippen LogP contribution in [0.4, 0.5) is 0 Å². The average molecular weight is 457 g/mol. The molecule has 0 saturated carbocycles. The third-order valence-electron chi connectivity index (χ3n) is 7.07. The molecular formula is C28H60O2Si. The average Bonchev–Trinajstić information content (AvgIpc) is 2.80. The second kappa shape index (κ2) is 24.8. The highest BCUT2D eigenvalue weighted by Gasteiger charge is 2.33. The van der Waals surface area contributed by atoms with Crippen molar-refractivity contribution in [3.8, 4) is 0 Å². The van der Waals surface area contributed by atoms with E-state index in [4.69, 9.17) is 8.85 Å². The first-order valence-corrected chi connectivity index (χ1v) is 16.6. The highest BCUT2D eigenvalue weighted by molar-refractivity contribution is 6.67. The smallest absolute Gasteiger partial charge is 0.337 e. The molecule has 0 bridgehead atoms. The predicted molar refractivity (Wildman–Crippen MR) is 142 cm³/mol. The first kappa shape index (κ1) is 31.1. The summed E-state index contributed by atoms with van der Waals surface area (Å²) in [5.41, 5.74) is 0. The van der Waals surface area contributed by atoms with Crippen molar-refractivity contribution >= 4 is 8.56 Å². The fourth-order valence-electron chi connectivity index (χ4n) is 4.73. The van der Waals surface area contributed by atoms with E-state index in [0.29, 0.717) is 0 Å². The van der Waals surface area contributed by atoms with Gasteiger partial charge in [-0.15, -0.1) is 0 Å². The standard InChI is InChI=1S/C28H60O2Si/c1-5-7-9-11-12-13-14-15-16-17-18-19-20-21-22-23-24-26-28-31(29-3,30-4)27-25-10-8-6-2/h5-28H2,1-4H3. The van der Waals surface area contributed by atoms with Crippen LogP contribution >= 0.6 is 0 Å². The minimum Gasteiger partial charge on any atom is -0.398 e. The molecule has 0 N–H and O–H groups in total. The lowest BCUT2D eigenvalue weighted by Crippen LogP contribution is -2.39. The van der Waals surface area contributed by atoms with E-state index in [0.717, 1.165) is 0 Å². The lowest BCUT2D eigenvalue weighted by Gasteiger charge is -2.27. The van der Waals surface area contributed by atoms with E-state index in [1.54, 1.807) is 0 Å². The molecule has 31 heavy (non-hydrogen) atoms. The van der Waals surface area contributed by atoms with Gasteiger partial charge in [-0.25, -0.2) is 0 Å². The molecule has 0 aromatic heterocycles. The third kappa shape index (κ3) is 20.5. The number of unbranched alkanes of at least 4 members (excludes halogenated alkanes) is 20. The summed E-state index contributed by atoms with van der Waals surface area (Å²) in [6.45, 7) is 4.57. The molecule has 0 aromatic rings. The van der Waals surface area contributed by atoms with E-state index in [1.165, 1.54) is 153 Å². The molecule has 3 heteroatoms. The summed E-state index contributed by atoms with van der Waals surface area (Å²) in [7, 11) is 1.85. The van der Waals surface area contributed by atoms with Crippen molar-refractivity contribution in [1.82, 2.24) is 0 Å². The Kier molecular flexibility index (Phi) is 24.9. The summed E-state index contributed by atoms with van der Waals surface area (Å²) in [4.78, 5) is 0. The fraction of sp³-hybridized carbons (Fsp3) is 1.00. The minimum absolute atomic E-state index is 1.18. The SMILES string of the molecule is CCCCCCCCCCCCCCCCCCCC[Si](CCCCCC)(OC)OC. The Morgan fingerprint density at radius 2 is 0.581 bits per heavy atom.